The number of pyridine rings is 1. The third-order valence-corrected chi connectivity index (χ3v) is 4.10. The molecule has 3 aromatic rings. The number of ether oxygens (including phenoxy) is 4. The predicted octanol–water partition coefficient (Wildman–Crippen LogP) is 3.06. The first-order valence-electron chi connectivity index (χ1n) is 8.68. The Morgan fingerprint density at radius 2 is 1.62 bits per heavy atom. The number of nitrogens with one attached hydrogen (secondary N) is 1. The summed E-state index contributed by atoms with van der Waals surface area (Å²) in [5.74, 6) is 0.640. The highest BCUT2D eigenvalue weighted by Gasteiger charge is 2.15. The molecule has 0 aliphatic heterocycles. The summed E-state index contributed by atoms with van der Waals surface area (Å²) in [7, 11) is 4.38. The van der Waals surface area contributed by atoms with Crippen LogP contribution in [0.4, 0.5) is 5.69 Å². The lowest BCUT2D eigenvalue weighted by Gasteiger charge is -2.12. The highest BCUT2D eigenvalue weighted by molar-refractivity contribution is 5.95. The van der Waals surface area contributed by atoms with E-state index in [1.54, 1.807) is 56.7 Å². The van der Waals surface area contributed by atoms with Gasteiger partial charge in [-0.25, -0.2) is 9.78 Å². The molecule has 1 heterocycles. The summed E-state index contributed by atoms with van der Waals surface area (Å²) >= 11 is 0. The van der Waals surface area contributed by atoms with Crippen molar-refractivity contribution in [1.29, 1.82) is 0 Å². The Kier molecular flexibility index (Phi) is 6.13. The summed E-state index contributed by atoms with van der Waals surface area (Å²) in [5.41, 5.74) is 1.20. The lowest BCUT2D eigenvalue weighted by molar-refractivity contribution is -0.118. The molecule has 0 fully saturated rings. The Balaban J connectivity index is 1.81. The van der Waals surface area contributed by atoms with Crippen molar-refractivity contribution in [1.82, 2.24) is 4.98 Å². The number of carbonyl (C=O) groups excluding carboxylic acids is 2. The molecule has 0 radical (unpaired) electrons. The van der Waals surface area contributed by atoms with Crippen LogP contribution in [0.3, 0.4) is 0 Å². The second kappa shape index (κ2) is 8.92. The fourth-order valence-corrected chi connectivity index (χ4v) is 2.64. The van der Waals surface area contributed by atoms with Crippen LogP contribution in [-0.2, 0) is 9.53 Å². The van der Waals surface area contributed by atoms with Crippen LogP contribution in [0.1, 0.15) is 10.5 Å². The maximum atomic E-state index is 12.3. The molecule has 3 rings (SSSR count). The van der Waals surface area contributed by atoms with E-state index < -0.39 is 5.97 Å². The van der Waals surface area contributed by atoms with Gasteiger partial charge in [-0.3, -0.25) is 4.79 Å². The molecule has 8 heteroatoms. The van der Waals surface area contributed by atoms with E-state index >= 15 is 0 Å². The van der Waals surface area contributed by atoms with E-state index in [-0.39, 0.29) is 18.2 Å². The standard InChI is InChI=1S/C21H20N2O6/c1-26-14-6-4-13(5-7-14)22-20(24)12-29-19-11-18(21(25)28-3)23-17-9-8-15(27-2)10-16(17)19/h4-11H,12H2,1-3H3,(H,22,24). The quantitative estimate of drug-likeness (QED) is 0.613. The molecule has 0 saturated carbocycles. The maximum absolute atomic E-state index is 12.3. The molecule has 0 spiro atoms. The summed E-state index contributed by atoms with van der Waals surface area (Å²) < 4.78 is 20.8. The summed E-state index contributed by atoms with van der Waals surface area (Å²) in [6.07, 6.45) is 0. The van der Waals surface area contributed by atoms with Crippen molar-refractivity contribution in [2.24, 2.45) is 0 Å². The zero-order valence-electron chi connectivity index (χ0n) is 16.2. The van der Waals surface area contributed by atoms with Crippen LogP contribution >= 0.6 is 0 Å². The average molecular weight is 396 g/mol. The van der Waals surface area contributed by atoms with Crippen molar-refractivity contribution in [2.75, 3.05) is 33.3 Å². The number of rotatable bonds is 7. The van der Waals surface area contributed by atoms with Gasteiger partial charge in [0.05, 0.1) is 26.8 Å². The van der Waals surface area contributed by atoms with Crippen LogP contribution in [0, 0.1) is 0 Å². The molecule has 0 bridgehead atoms. The van der Waals surface area contributed by atoms with Gasteiger partial charge in [0.25, 0.3) is 5.91 Å². The molecule has 0 atom stereocenters. The predicted molar refractivity (Wildman–Crippen MR) is 107 cm³/mol. The number of hydrogen-bond donors (Lipinski definition) is 1. The van der Waals surface area contributed by atoms with Gasteiger partial charge in [0, 0.05) is 17.1 Å². The van der Waals surface area contributed by atoms with Crippen LogP contribution in [0.15, 0.2) is 48.5 Å². The monoisotopic (exact) mass is 396 g/mol. The van der Waals surface area contributed by atoms with Crippen molar-refractivity contribution < 1.29 is 28.5 Å². The topological polar surface area (TPSA) is 96.0 Å². The van der Waals surface area contributed by atoms with Gasteiger partial charge >= 0.3 is 5.97 Å². The van der Waals surface area contributed by atoms with Crippen LogP contribution in [0.25, 0.3) is 10.9 Å². The number of benzene rings is 2. The molecule has 1 aromatic heterocycles. The molecule has 150 valence electrons. The highest BCUT2D eigenvalue weighted by atomic mass is 16.5. The SMILES string of the molecule is COC(=O)c1cc(OCC(=O)Nc2ccc(OC)cc2)c2cc(OC)ccc2n1. The first-order chi connectivity index (χ1) is 14.0. The summed E-state index contributed by atoms with van der Waals surface area (Å²) in [4.78, 5) is 28.5. The van der Waals surface area contributed by atoms with Crippen molar-refractivity contribution in [2.45, 2.75) is 0 Å². The zero-order valence-corrected chi connectivity index (χ0v) is 16.2. The average Bonchev–Trinajstić information content (AvgIpc) is 2.76. The van der Waals surface area contributed by atoms with Crippen LogP contribution in [0.2, 0.25) is 0 Å². The van der Waals surface area contributed by atoms with Gasteiger partial charge < -0.3 is 24.3 Å². The Morgan fingerprint density at radius 1 is 0.931 bits per heavy atom. The Hall–Kier alpha value is -3.81. The largest absolute Gasteiger partial charge is 0.497 e. The number of fused-ring (bicyclic) bond motifs is 1. The highest BCUT2D eigenvalue weighted by Crippen LogP contribution is 2.29. The number of methoxy groups -OCH3 is 3. The third-order valence-electron chi connectivity index (χ3n) is 4.10. The minimum atomic E-state index is -0.602. The van der Waals surface area contributed by atoms with Crippen molar-refractivity contribution >= 4 is 28.5 Å². The maximum Gasteiger partial charge on any atom is 0.356 e. The van der Waals surface area contributed by atoms with Crippen LogP contribution in [-0.4, -0.2) is 44.8 Å². The molecule has 8 nitrogen and oxygen atoms in total. The smallest absolute Gasteiger partial charge is 0.356 e. The van der Waals surface area contributed by atoms with E-state index in [1.807, 2.05) is 0 Å². The number of carbonyl (C=O) groups is 2. The van der Waals surface area contributed by atoms with Crippen LogP contribution < -0.4 is 19.5 Å². The van der Waals surface area contributed by atoms with Crippen molar-refractivity contribution in [3.63, 3.8) is 0 Å². The molecular formula is C21H20N2O6. The summed E-state index contributed by atoms with van der Waals surface area (Å²) in [6, 6.07) is 13.5. The molecular weight excluding hydrogens is 376 g/mol. The van der Waals surface area contributed by atoms with Gasteiger partial charge in [0.2, 0.25) is 0 Å². The molecule has 0 aliphatic carbocycles. The number of nitrogens with zero attached hydrogens (tertiary/aromatic N) is 1. The molecule has 29 heavy (non-hydrogen) atoms. The minimum Gasteiger partial charge on any atom is -0.497 e. The number of aromatic nitrogens is 1. The van der Waals surface area contributed by atoms with Gasteiger partial charge in [-0.1, -0.05) is 0 Å². The molecule has 1 amide bonds. The second-order valence-corrected chi connectivity index (χ2v) is 5.95. The normalized spacial score (nSPS) is 10.3. The number of amides is 1. The van der Waals surface area contributed by atoms with E-state index in [0.29, 0.717) is 33.8 Å². The fourth-order valence-electron chi connectivity index (χ4n) is 2.64. The van der Waals surface area contributed by atoms with E-state index in [1.165, 1.54) is 13.2 Å². The lowest BCUT2D eigenvalue weighted by Crippen LogP contribution is -2.20. The van der Waals surface area contributed by atoms with Crippen molar-refractivity contribution in [3.8, 4) is 17.2 Å². The molecule has 0 aliphatic rings. The Bertz CT molecular complexity index is 1030. The van der Waals surface area contributed by atoms with E-state index in [2.05, 4.69) is 10.3 Å². The zero-order chi connectivity index (χ0) is 20.8. The molecule has 0 unspecified atom stereocenters. The Labute approximate surface area is 167 Å². The van der Waals surface area contributed by atoms with Gasteiger partial charge in [-0.05, 0) is 42.5 Å². The number of esters is 1. The summed E-state index contributed by atoms with van der Waals surface area (Å²) in [6.45, 7) is -0.261. The van der Waals surface area contributed by atoms with E-state index in [0.717, 1.165) is 0 Å². The molecule has 0 saturated heterocycles. The van der Waals surface area contributed by atoms with Crippen LogP contribution in [0.5, 0.6) is 17.2 Å². The Morgan fingerprint density at radius 3 is 2.28 bits per heavy atom. The van der Waals surface area contributed by atoms with E-state index in [9.17, 15) is 9.59 Å². The molecule has 2 aromatic carbocycles. The number of anilines is 1. The van der Waals surface area contributed by atoms with E-state index in [4.69, 9.17) is 18.9 Å². The minimum absolute atomic E-state index is 0.0794. The summed E-state index contributed by atoms with van der Waals surface area (Å²) in [5, 5.41) is 3.34. The number of hydrogen-bond acceptors (Lipinski definition) is 7. The van der Waals surface area contributed by atoms with Gasteiger partial charge in [-0.2, -0.15) is 0 Å². The van der Waals surface area contributed by atoms with Gasteiger partial charge in [0.15, 0.2) is 12.3 Å². The van der Waals surface area contributed by atoms with Gasteiger partial charge in [0.1, 0.15) is 17.2 Å². The first-order valence-corrected chi connectivity index (χ1v) is 8.68. The lowest BCUT2D eigenvalue weighted by atomic mass is 10.1. The fraction of sp³-hybridized carbons (Fsp3) is 0.190. The van der Waals surface area contributed by atoms with Crippen molar-refractivity contribution in [3.05, 3.63) is 54.2 Å². The molecule has 1 N–H and O–H groups in total. The van der Waals surface area contributed by atoms with Gasteiger partial charge in [-0.15, -0.1) is 0 Å². The second-order valence-electron chi connectivity index (χ2n) is 5.95. The third kappa shape index (κ3) is 4.73. The first kappa shape index (κ1) is 19.9.